The maximum atomic E-state index is 12.8. The van der Waals surface area contributed by atoms with E-state index in [1.54, 1.807) is 17.5 Å². The Balaban J connectivity index is 1.63. The Kier molecular flexibility index (Phi) is 4.26. The van der Waals surface area contributed by atoms with Gasteiger partial charge in [0.2, 0.25) is 5.91 Å². The van der Waals surface area contributed by atoms with Gasteiger partial charge in [-0.1, -0.05) is 13.0 Å². The summed E-state index contributed by atoms with van der Waals surface area (Å²) in [5, 5.41) is 9.18. The van der Waals surface area contributed by atoms with E-state index in [1.807, 2.05) is 47.0 Å². The van der Waals surface area contributed by atoms with Gasteiger partial charge in [0.25, 0.3) is 5.56 Å². The molecule has 0 saturated heterocycles. The zero-order valence-electron chi connectivity index (χ0n) is 14.2. The summed E-state index contributed by atoms with van der Waals surface area (Å²) in [6.45, 7) is 2.18. The Hall–Kier alpha value is -3.00. The van der Waals surface area contributed by atoms with Gasteiger partial charge >= 0.3 is 0 Å². The molecule has 0 aromatic carbocycles. The highest BCUT2D eigenvalue weighted by Crippen LogP contribution is 2.24. The SMILES string of the molecule is CCc1nn(CC(=O)NCc2ccccn2)c(=O)c2cc3sccc3n12. The van der Waals surface area contributed by atoms with Crippen molar-refractivity contribution in [3.63, 3.8) is 0 Å². The van der Waals surface area contributed by atoms with Gasteiger partial charge in [0.15, 0.2) is 0 Å². The summed E-state index contributed by atoms with van der Waals surface area (Å²) in [5.74, 6) is 0.482. The summed E-state index contributed by atoms with van der Waals surface area (Å²) in [6, 6.07) is 9.36. The lowest BCUT2D eigenvalue weighted by Gasteiger charge is -2.10. The van der Waals surface area contributed by atoms with Gasteiger partial charge in [-0.2, -0.15) is 5.10 Å². The number of pyridine rings is 1. The molecule has 4 rings (SSSR count). The van der Waals surface area contributed by atoms with Crippen molar-refractivity contribution in [3.05, 3.63) is 63.8 Å². The Morgan fingerprint density at radius 1 is 1.27 bits per heavy atom. The molecule has 4 aromatic heterocycles. The number of carbonyl (C=O) groups excluding carboxylic acids is 1. The zero-order chi connectivity index (χ0) is 18.1. The lowest BCUT2D eigenvalue weighted by molar-refractivity contribution is -0.122. The summed E-state index contributed by atoms with van der Waals surface area (Å²) in [4.78, 5) is 29.2. The molecule has 0 fully saturated rings. The number of nitrogens with zero attached hydrogens (tertiary/aromatic N) is 4. The van der Waals surface area contributed by atoms with Crippen LogP contribution in [-0.4, -0.2) is 25.1 Å². The number of amides is 1. The van der Waals surface area contributed by atoms with Crippen molar-refractivity contribution in [2.75, 3.05) is 0 Å². The van der Waals surface area contributed by atoms with Crippen molar-refractivity contribution in [3.8, 4) is 0 Å². The molecule has 132 valence electrons. The maximum absolute atomic E-state index is 12.8. The Morgan fingerprint density at radius 3 is 2.92 bits per heavy atom. The normalized spacial score (nSPS) is 11.3. The van der Waals surface area contributed by atoms with Crippen LogP contribution in [0.5, 0.6) is 0 Å². The summed E-state index contributed by atoms with van der Waals surface area (Å²) in [7, 11) is 0. The number of fused-ring (bicyclic) bond motifs is 3. The van der Waals surface area contributed by atoms with E-state index < -0.39 is 0 Å². The molecule has 0 aliphatic carbocycles. The third kappa shape index (κ3) is 2.88. The highest BCUT2D eigenvalue weighted by Gasteiger charge is 2.15. The highest BCUT2D eigenvalue weighted by molar-refractivity contribution is 7.17. The van der Waals surface area contributed by atoms with E-state index in [-0.39, 0.29) is 18.0 Å². The third-order valence-electron chi connectivity index (χ3n) is 4.17. The first-order valence-electron chi connectivity index (χ1n) is 8.32. The Labute approximate surface area is 152 Å². The molecule has 0 spiro atoms. The minimum absolute atomic E-state index is 0.117. The minimum atomic E-state index is -0.273. The van der Waals surface area contributed by atoms with Crippen LogP contribution in [0.1, 0.15) is 18.4 Å². The smallest absolute Gasteiger partial charge is 0.291 e. The number of nitrogens with one attached hydrogen (secondary N) is 1. The van der Waals surface area contributed by atoms with Crippen LogP contribution in [0.3, 0.4) is 0 Å². The first-order chi connectivity index (χ1) is 12.7. The summed E-state index contributed by atoms with van der Waals surface area (Å²) in [6.07, 6.45) is 2.33. The molecule has 0 atom stereocenters. The number of aromatic nitrogens is 4. The van der Waals surface area contributed by atoms with Crippen LogP contribution in [0.2, 0.25) is 0 Å². The molecular weight excluding hydrogens is 350 g/mol. The lowest BCUT2D eigenvalue weighted by atomic mass is 10.3. The van der Waals surface area contributed by atoms with Gasteiger partial charge in [0.1, 0.15) is 17.9 Å². The van der Waals surface area contributed by atoms with Crippen LogP contribution in [0.15, 0.2) is 46.7 Å². The minimum Gasteiger partial charge on any atom is -0.349 e. The van der Waals surface area contributed by atoms with Crippen LogP contribution < -0.4 is 10.9 Å². The molecule has 0 bridgehead atoms. The molecule has 0 aliphatic heterocycles. The van der Waals surface area contributed by atoms with Crippen molar-refractivity contribution < 1.29 is 4.79 Å². The molecule has 1 N–H and O–H groups in total. The van der Waals surface area contributed by atoms with Crippen molar-refractivity contribution in [1.29, 1.82) is 0 Å². The first-order valence-corrected chi connectivity index (χ1v) is 9.20. The molecule has 7 nitrogen and oxygen atoms in total. The predicted molar refractivity (Wildman–Crippen MR) is 100 cm³/mol. The topological polar surface area (TPSA) is 81.3 Å². The monoisotopic (exact) mass is 367 g/mol. The highest BCUT2D eigenvalue weighted by atomic mass is 32.1. The fourth-order valence-electron chi connectivity index (χ4n) is 2.94. The molecular formula is C18H17N5O2S. The molecule has 0 aliphatic rings. The van der Waals surface area contributed by atoms with Crippen molar-refractivity contribution in [1.82, 2.24) is 24.5 Å². The average molecular weight is 367 g/mol. The molecule has 26 heavy (non-hydrogen) atoms. The van der Waals surface area contributed by atoms with Gasteiger partial charge in [-0.15, -0.1) is 11.3 Å². The molecule has 0 unspecified atom stereocenters. The van der Waals surface area contributed by atoms with Crippen molar-refractivity contribution in [2.45, 2.75) is 26.4 Å². The second-order valence-electron chi connectivity index (χ2n) is 5.87. The van der Waals surface area contributed by atoms with Crippen molar-refractivity contribution >= 4 is 33.0 Å². The third-order valence-corrected chi connectivity index (χ3v) is 5.03. The van der Waals surface area contributed by atoms with E-state index in [2.05, 4.69) is 15.4 Å². The number of hydrogen-bond donors (Lipinski definition) is 1. The van der Waals surface area contributed by atoms with Crippen LogP contribution in [0.4, 0.5) is 0 Å². The number of aryl methyl sites for hydroxylation is 1. The zero-order valence-corrected chi connectivity index (χ0v) is 15.0. The number of carbonyl (C=O) groups is 1. The van der Waals surface area contributed by atoms with Gasteiger partial charge in [-0.05, 0) is 29.6 Å². The molecule has 8 heteroatoms. The van der Waals surface area contributed by atoms with Crippen LogP contribution >= 0.6 is 11.3 Å². The molecule has 0 radical (unpaired) electrons. The van der Waals surface area contributed by atoms with E-state index >= 15 is 0 Å². The summed E-state index contributed by atoms with van der Waals surface area (Å²) in [5.41, 5.74) is 2.03. The summed E-state index contributed by atoms with van der Waals surface area (Å²) >= 11 is 1.58. The average Bonchev–Trinajstić information content (AvgIpc) is 3.25. The summed E-state index contributed by atoms with van der Waals surface area (Å²) < 4.78 is 4.16. The van der Waals surface area contributed by atoms with E-state index in [4.69, 9.17) is 0 Å². The van der Waals surface area contributed by atoms with Crippen LogP contribution in [0.25, 0.3) is 15.7 Å². The second kappa shape index (κ2) is 6.72. The van der Waals surface area contributed by atoms with Crippen LogP contribution in [-0.2, 0) is 24.3 Å². The number of hydrogen-bond acceptors (Lipinski definition) is 5. The van der Waals surface area contributed by atoms with Gasteiger partial charge < -0.3 is 5.32 Å². The Morgan fingerprint density at radius 2 is 2.15 bits per heavy atom. The van der Waals surface area contributed by atoms with Gasteiger partial charge in [-0.3, -0.25) is 19.0 Å². The fraction of sp³-hybridized carbons (Fsp3) is 0.222. The van der Waals surface area contributed by atoms with E-state index in [0.29, 0.717) is 18.5 Å². The number of rotatable bonds is 5. The van der Waals surface area contributed by atoms with E-state index in [0.717, 1.165) is 21.7 Å². The largest absolute Gasteiger partial charge is 0.349 e. The van der Waals surface area contributed by atoms with E-state index in [9.17, 15) is 9.59 Å². The Bertz CT molecular complexity index is 1140. The van der Waals surface area contributed by atoms with Gasteiger partial charge in [-0.25, -0.2) is 4.68 Å². The first kappa shape index (κ1) is 16.5. The second-order valence-corrected chi connectivity index (χ2v) is 6.81. The molecule has 4 aromatic rings. The fourth-order valence-corrected chi connectivity index (χ4v) is 3.75. The van der Waals surface area contributed by atoms with Crippen molar-refractivity contribution in [2.24, 2.45) is 0 Å². The maximum Gasteiger partial charge on any atom is 0.291 e. The number of thiophene rings is 1. The van der Waals surface area contributed by atoms with E-state index in [1.165, 1.54) is 4.68 Å². The van der Waals surface area contributed by atoms with Crippen LogP contribution in [0, 0.1) is 0 Å². The molecule has 0 saturated carbocycles. The molecule has 1 amide bonds. The quantitative estimate of drug-likeness (QED) is 0.585. The predicted octanol–water partition coefficient (Wildman–Crippen LogP) is 1.98. The van der Waals surface area contributed by atoms with Gasteiger partial charge in [0.05, 0.1) is 22.5 Å². The lowest BCUT2D eigenvalue weighted by Crippen LogP contribution is -2.35. The van der Waals surface area contributed by atoms with Gasteiger partial charge in [0, 0.05) is 12.6 Å². The molecule has 4 heterocycles. The standard InChI is InChI=1S/C18H17N5O2S/c1-2-16-21-22(11-17(24)20-10-12-5-3-4-7-19-12)18(25)14-9-15-13(23(14)16)6-8-26-15/h3-9H,2,10-11H2,1H3,(H,20,24).